The maximum atomic E-state index is 12.2. The molecule has 3 N–H and O–H groups in total. The third-order valence-electron chi connectivity index (χ3n) is 2.25. The monoisotopic (exact) mass is 251 g/mol. The quantitative estimate of drug-likeness (QED) is 0.790. The van der Waals surface area contributed by atoms with Crippen molar-refractivity contribution in [3.05, 3.63) is 24.0 Å². The molecule has 0 aliphatic carbocycles. The van der Waals surface area contributed by atoms with Gasteiger partial charge in [-0.1, -0.05) is 13.8 Å². The number of nitrogens with two attached hydrogens (primary N) is 1. The molecule has 0 saturated heterocycles. The zero-order chi connectivity index (χ0) is 13.7. The van der Waals surface area contributed by atoms with Crippen molar-refractivity contribution >= 4 is 11.8 Å². The zero-order valence-electron chi connectivity index (χ0n) is 10.5. The lowest BCUT2D eigenvalue weighted by atomic mass is 10.1. The molecule has 2 amide bonds. The number of pyridine rings is 1. The van der Waals surface area contributed by atoms with E-state index in [-0.39, 0.29) is 23.8 Å². The van der Waals surface area contributed by atoms with Gasteiger partial charge in [0.1, 0.15) is 5.75 Å². The van der Waals surface area contributed by atoms with Gasteiger partial charge in [-0.3, -0.25) is 14.6 Å². The fourth-order valence-corrected chi connectivity index (χ4v) is 1.59. The normalized spacial score (nSPS) is 10.4. The Morgan fingerprint density at radius 3 is 2.67 bits per heavy atom. The molecule has 0 aliphatic rings. The molecule has 0 saturated carbocycles. The Hall–Kier alpha value is -2.11. The number of primary amides is 1. The van der Waals surface area contributed by atoms with E-state index in [2.05, 4.69) is 4.98 Å². The number of carbonyl (C=O) groups is 2. The number of aromatic nitrogens is 1. The van der Waals surface area contributed by atoms with Crippen LogP contribution < -0.4 is 5.73 Å². The second kappa shape index (κ2) is 6.00. The fourth-order valence-electron chi connectivity index (χ4n) is 1.59. The van der Waals surface area contributed by atoms with Crippen LogP contribution in [0.25, 0.3) is 0 Å². The third-order valence-corrected chi connectivity index (χ3v) is 2.25. The number of carbonyl (C=O) groups excluding carboxylic acids is 2. The molecule has 0 atom stereocenters. The van der Waals surface area contributed by atoms with E-state index in [0.29, 0.717) is 6.54 Å². The van der Waals surface area contributed by atoms with Gasteiger partial charge in [0.15, 0.2) is 0 Å². The molecule has 6 nitrogen and oxygen atoms in total. The minimum Gasteiger partial charge on any atom is -0.505 e. The van der Waals surface area contributed by atoms with Crippen molar-refractivity contribution in [1.82, 2.24) is 9.88 Å². The summed E-state index contributed by atoms with van der Waals surface area (Å²) in [6, 6.07) is 1.41. The second-order valence-corrected chi connectivity index (χ2v) is 4.44. The molecular weight excluding hydrogens is 234 g/mol. The lowest BCUT2D eigenvalue weighted by Gasteiger charge is -2.23. The molecule has 1 rings (SSSR count). The summed E-state index contributed by atoms with van der Waals surface area (Å²) in [5.41, 5.74) is 5.23. The van der Waals surface area contributed by atoms with Crippen molar-refractivity contribution in [2.24, 2.45) is 11.7 Å². The minimum atomic E-state index is -0.586. The van der Waals surface area contributed by atoms with Crippen LogP contribution in [0.1, 0.15) is 24.2 Å². The highest BCUT2D eigenvalue weighted by atomic mass is 16.3. The van der Waals surface area contributed by atoms with E-state index in [1.807, 2.05) is 13.8 Å². The van der Waals surface area contributed by atoms with Crippen LogP contribution in [-0.2, 0) is 4.79 Å². The standard InChI is InChI=1S/C12H17N3O3/c1-8(2)6-15(7-11(13)17)12(18)9-3-4-14-5-10(9)16/h3-5,8,16H,6-7H2,1-2H3,(H2,13,17). The van der Waals surface area contributed by atoms with Crippen LogP contribution in [0.3, 0.4) is 0 Å². The van der Waals surface area contributed by atoms with Crippen LogP contribution in [0.15, 0.2) is 18.5 Å². The van der Waals surface area contributed by atoms with E-state index in [0.717, 1.165) is 0 Å². The second-order valence-electron chi connectivity index (χ2n) is 4.44. The molecule has 1 aromatic heterocycles. The predicted octanol–water partition coefficient (Wildman–Crippen LogP) is 0.371. The third kappa shape index (κ3) is 3.73. The highest BCUT2D eigenvalue weighted by Crippen LogP contribution is 2.17. The smallest absolute Gasteiger partial charge is 0.258 e. The van der Waals surface area contributed by atoms with Gasteiger partial charge in [-0.05, 0) is 12.0 Å². The summed E-state index contributed by atoms with van der Waals surface area (Å²) in [5, 5.41) is 9.57. The Morgan fingerprint density at radius 1 is 1.50 bits per heavy atom. The van der Waals surface area contributed by atoms with Crippen LogP contribution in [0, 0.1) is 5.92 Å². The van der Waals surface area contributed by atoms with Gasteiger partial charge in [0, 0.05) is 12.7 Å². The van der Waals surface area contributed by atoms with Gasteiger partial charge in [0.2, 0.25) is 5.91 Å². The Morgan fingerprint density at radius 2 is 2.17 bits per heavy atom. The first-order chi connectivity index (χ1) is 8.41. The topological polar surface area (TPSA) is 96.5 Å². The van der Waals surface area contributed by atoms with E-state index >= 15 is 0 Å². The molecule has 0 bridgehead atoms. The van der Waals surface area contributed by atoms with Crippen LogP contribution in [0.2, 0.25) is 0 Å². The van der Waals surface area contributed by atoms with Crippen LogP contribution >= 0.6 is 0 Å². The Balaban J connectivity index is 2.95. The van der Waals surface area contributed by atoms with Crippen molar-refractivity contribution in [1.29, 1.82) is 0 Å². The molecule has 0 fully saturated rings. The van der Waals surface area contributed by atoms with Crippen molar-refractivity contribution in [3.8, 4) is 5.75 Å². The molecule has 0 aliphatic heterocycles. The maximum absolute atomic E-state index is 12.2. The molecule has 6 heteroatoms. The first-order valence-electron chi connectivity index (χ1n) is 5.62. The van der Waals surface area contributed by atoms with Crippen molar-refractivity contribution in [2.45, 2.75) is 13.8 Å². The highest BCUT2D eigenvalue weighted by molar-refractivity contribution is 5.98. The van der Waals surface area contributed by atoms with Crippen molar-refractivity contribution < 1.29 is 14.7 Å². The molecule has 98 valence electrons. The number of rotatable bonds is 5. The summed E-state index contributed by atoms with van der Waals surface area (Å²) < 4.78 is 0. The number of hydrogen-bond acceptors (Lipinski definition) is 4. The van der Waals surface area contributed by atoms with E-state index in [1.54, 1.807) is 0 Å². The van der Waals surface area contributed by atoms with Crippen LogP contribution in [-0.4, -0.2) is 39.9 Å². The highest BCUT2D eigenvalue weighted by Gasteiger charge is 2.21. The molecule has 1 aromatic rings. The van der Waals surface area contributed by atoms with E-state index in [9.17, 15) is 14.7 Å². The predicted molar refractivity (Wildman–Crippen MR) is 65.8 cm³/mol. The van der Waals surface area contributed by atoms with Crippen LogP contribution in [0.4, 0.5) is 0 Å². The SMILES string of the molecule is CC(C)CN(CC(N)=O)C(=O)c1ccncc1O. The molecule has 0 radical (unpaired) electrons. The maximum Gasteiger partial charge on any atom is 0.258 e. The Labute approximate surface area is 105 Å². The Bertz CT molecular complexity index is 446. The van der Waals surface area contributed by atoms with E-state index in [4.69, 9.17) is 5.73 Å². The summed E-state index contributed by atoms with van der Waals surface area (Å²) >= 11 is 0. The largest absolute Gasteiger partial charge is 0.505 e. The average Bonchev–Trinajstić information content (AvgIpc) is 2.26. The number of amides is 2. The first kappa shape index (κ1) is 14.0. The van der Waals surface area contributed by atoms with Gasteiger partial charge in [-0.15, -0.1) is 0 Å². The molecule has 0 spiro atoms. The van der Waals surface area contributed by atoms with Gasteiger partial charge in [0.25, 0.3) is 5.91 Å². The fraction of sp³-hybridized carbons (Fsp3) is 0.417. The number of aromatic hydroxyl groups is 1. The first-order valence-corrected chi connectivity index (χ1v) is 5.62. The van der Waals surface area contributed by atoms with Gasteiger partial charge < -0.3 is 15.7 Å². The molecule has 1 heterocycles. The zero-order valence-corrected chi connectivity index (χ0v) is 10.5. The summed E-state index contributed by atoms with van der Waals surface area (Å²) in [4.78, 5) is 28.2. The summed E-state index contributed by atoms with van der Waals surface area (Å²) in [7, 11) is 0. The average molecular weight is 251 g/mol. The van der Waals surface area contributed by atoms with Crippen molar-refractivity contribution in [2.75, 3.05) is 13.1 Å². The van der Waals surface area contributed by atoms with E-state index in [1.165, 1.54) is 23.4 Å². The lowest BCUT2D eigenvalue weighted by Crippen LogP contribution is -2.40. The molecule has 0 unspecified atom stereocenters. The Kier molecular flexibility index (Phi) is 4.65. The summed E-state index contributed by atoms with van der Waals surface area (Å²) in [6.07, 6.45) is 2.59. The molecule has 18 heavy (non-hydrogen) atoms. The minimum absolute atomic E-state index is 0.118. The van der Waals surface area contributed by atoms with Gasteiger partial charge in [-0.25, -0.2) is 0 Å². The van der Waals surface area contributed by atoms with Gasteiger partial charge in [-0.2, -0.15) is 0 Å². The van der Waals surface area contributed by atoms with Crippen LogP contribution in [0.5, 0.6) is 5.75 Å². The van der Waals surface area contributed by atoms with E-state index < -0.39 is 11.8 Å². The number of hydrogen-bond donors (Lipinski definition) is 2. The summed E-state index contributed by atoms with van der Waals surface area (Å²) in [6.45, 7) is 4.07. The molecular formula is C12H17N3O3. The van der Waals surface area contributed by atoms with Crippen molar-refractivity contribution in [3.63, 3.8) is 0 Å². The summed E-state index contributed by atoms with van der Waals surface area (Å²) in [5.74, 6) is -1.03. The lowest BCUT2D eigenvalue weighted by molar-refractivity contribution is -0.118. The molecule has 0 aromatic carbocycles. The van der Waals surface area contributed by atoms with Gasteiger partial charge in [0.05, 0.1) is 18.3 Å². The van der Waals surface area contributed by atoms with Gasteiger partial charge >= 0.3 is 0 Å². The number of nitrogens with zero attached hydrogens (tertiary/aromatic N) is 2.